The van der Waals surface area contributed by atoms with Crippen molar-refractivity contribution in [2.45, 2.75) is 34.1 Å². The van der Waals surface area contributed by atoms with Gasteiger partial charge in [-0.1, -0.05) is 27.3 Å². The van der Waals surface area contributed by atoms with Crippen LogP contribution in [0.1, 0.15) is 73.8 Å². The Morgan fingerprint density at radius 3 is 1.51 bits per heavy atom. The van der Waals surface area contributed by atoms with E-state index >= 15 is 0 Å². The third-order valence-corrected chi connectivity index (χ3v) is 5.83. The Morgan fingerprint density at radius 1 is 0.629 bits per heavy atom. The van der Waals surface area contributed by atoms with Gasteiger partial charge >= 0.3 is 0 Å². The Balaban J connectivity index is 0.00000612. The molecule has 35 heavy (non-hydrogen) atoms. The lowest BCUT2D eigenvalue weighted by atomic mass is 9.78. The minimum Gasteiger partial charge on any atom is -0.398 e. The second kappa shape index (κ2) is 12.3. The normalized spacial score (nSPS) is 10.6. The van der Waals surface area contributed by atoms with Crippen LogP contribution in [0.3, 0.4) is 0 Å². The summed E-state index contributed by atoms with van der Waals surface area (Å²) in [6.45, 7) is 1.91. The first-order chi connectivity index (χ1) is 16.1. The van der Waals surface area contributed by atoms with Crippen molar-refractivity contribution in [1.82, 2.24) is 0 Å². The average molecular weight is 485 g/mol. The molecule has 0 fully saturated rings. The van der Waals surface area contributed by atoms with Gasteiger partial charge in [0.1, 0.15) is 0 Å². The van der Waals surface area contributed by atoms with E-state index in [0.717, 1.165) is 0 Å². The number of nitrogen functional groups attached to an aromatic ring is 2. The number of benzene rings is 2. The minimum atomic E-state index is -0.645. The van der Waals surface area contributed by atoms with E-state index in [9.17, 15) is 19.2 Å². The van der Waals surface area contributed by atoms with Crippen molar-refractivity contribution in [2.24, 2.45) is 22.9 Å². The molecule has 0 aliphatic carbocycles. The molecule has 0 bridgehead atoms. The van der Waals surface area contributed by atoms with Gasteiger partial charge in [0.2, 0.25) is 0 Å². The maximum atomic E-state index is 13.2. The lowest BCUT2D eigenvalue weighted by Gasteiger charge is -2.25. The van der Waals surface area contributed by atoms with Crippen molar-refractivity contribution in [3.63, 3.8) is 0 Å². The molecule has 0 atom stereocenters. The van der Waals surface area contributed by atoms with Gasteiger partial charge in [0.25, 0.3) is 0 Å². The highest BCUT2D eigenvalue weighted by molar-refractivity contribution is 6.22. The Hall–Kier alpha value is -3.44. The zero-order valence-corrected chi connectivity index (χ0v) is 19.5. The van der Waals surface area contributed by atoms with E-state index in [1.165, 1.54) is 6.07 Å². The summed E-state index contributed by atoms with van der Waals surface area (Å²) in [5, 5.41) is 0. The molecule has 0 aliphatic heterocycles. The molecule has 0 radical (unpaired) electrons. The number of hydrogen-bond donors (Lipinski definition) is 6. The van der Waals surface area contributed by atoms with Crippen LogP contribution in [-0.2, 0) is 12.8 Å². The van der Waals surface area contributed by atoms with Crippen LogP contribution in [0.4, 0.5) is 11.4 Å². The van der Waals surface area contributed by atoms with E-state index in [2.05, 4.69) is 0 Å². The zero-order valence-electron chi connectivity index (χ0n) is 19.5. The van der Waals surface area contributed by atoms with Gasteiger partial charge in [-0.05, 0) is 35.6 Å². The van der Waals surface area contributed by atoms with Gasteiger partial charge in [-0.15, -0.1) is 0 Å². The summed E-state index contributed by atoms with van der Waals surface area (Å²) in [4.78, 5) is 52.3. The number of anilines is 2. The first-order valence-electron chi connectivity index (χ1n) is 11.0. The molecule has 0 aromatic heterocycles. The molecule has 0 saturated heterocycles. The predicted molar refractivity (Wildman–Crippen MR) is 140 cm³/mol. The molecule has 2 rings (SSSR count). The maximum absolute atomic E-state index is 13.2. The first-order valence-corrected chi connectivity index (χ1v) is 11.0. The fraction of sp³-hybridized carbons (Fsp3) is 0.360. The van der Waals surface area contributed by atoms with E-state index in [-0.39, 0.29) is 59.5 Å². The smallest absolute Gasteiger partial charge is 0.179 e. The zero-order chi connectivity index (χ0) is 25.7. The summed E-state index contributed by atoms with van der Waals surface area (Å²) in [5.41, 5.74) is 36.6. The molecule has 0 saturated carbocycles. The molecule has 2 aromatic rings. The van der Waals surface area contributed by atoms with Crippen molar-refractivity contribution in [3.8, 4) is 11.1 Å². The third kappa shape index (κ3) is 5.15. The Bertz CT molecular complexity index is 1170. The largest absolute Gasteiger partial charge is 0.398 e. The summed E-state index contributed by atoms with van der Waals surface area (Å²) in [6.07, 6.45) is 0.628. The average Bonchev–Trinajstić information content (AvgIpc) is 2.85. The second-order valence-electron chi connectivity index (χ2n) is 7.66. The highest BCUT2D eigenvalue weighted by atomic mass is 16.1. The summed E-state index contributed by atoms with van der Waals surface area (Å²) in [5.74, 6) is -2.21. The van der Waals surface area contributed by atoms with Gasteiger partial charge in [-0.25, -0.2) is 0 Å². The third-order valence-electron chi connectivity index (χ3n) is 5.83. The fourth-order valence-corrected chi connectivity index (χ4v) is 4.31. The van der Waals surface area contributed by atoms with Gasteiger partial charge in [0, 0.05) is 33.6 Å². The van der Waals surface area contributed by atoms with Gasteiger partial charge < -0.3 is 34.4 Å². The van der Waals surface area contributed by atoms with Crippen LogP contribution in [0.25, 0.3) is 11.1 Å². The van der Waals surface area contributed by atoms with Crippen LogP contribution in [-0.4, -0.2) is 49.3 Å². The standard InChI is InChI=1S/C24H32N6O4.CH4/c1-3-11-14(29)6-5-13(19(11)15(31)7-25)21-20(16(32)8-26)12(4-2)24(30)23(18(34)10-28)22(21)17(33)9-27;/h5-6H,3-4,7-10,25-30H2,1-2H3;1H4. The van der Waals surface area contributed by atoms with Crippen LogP contribution >= 0.6 is 0 Å². The Kier molecular flexibility index (Phi) is 10.4. The van der Waals surface area contributed by atoms with Crippen LogP contribution < -0.4 is 34.4 Å². The number of Topliss-reactive ketones (excluding diaryl/α,β-unsaturated/α-hetero) is 4. The molecule has 0 aliphatic rings. The van der Waals surface area contributed by atoms with E-state index in [0.29, 0.717) is 23.2 Å². The number of hydrogen-bond acceptors (Lipinski definition) is 10. The highest BCUT2D eigenvalue weighted by Gasteiger charge is 2.33. The Morgan fingerprint density at radius 2 is 1.06 bits per heavy atom. The van der Waals surface area contributed by atoms with Gasteiger partial charge in [-0.2, -0.15) is 0 Å². The highest BCUT2D eigenvalue weighted by Crippen LogP contribution is 2.41. The van der Waals surface area contributed by atoms with Crippen molar-refractivity contribution >= 4 is 34.5 Å². The van der Waals surface area contributed by atoms with E-state index in [4.69, 9.17) is 34.4 Å². The van der Waals surface area contributed by atoms with Gasteiger partial charge in [-0.3, -0.25) is 19.2 Å². The summed E-state index contributed by atoms with van der Waals surface area (Å²) < 4.78 is 0. The van der Waals surface area contributed by atoms with Gasteiger partial charge in [0.05, 0.1) is 31.7 Å². The molecule has 0 spiro atoms. The van der Waals surface area contributed by atoms with Crippen molar-refractivity contribution in [2.75, 3.05) is 37.6 Å². The lowest BCUT2D eigenvalue weighted by molar-refractivity contribution is 0.0968. The molecule has 0 amide bonds. The molecule has 0 unspecified atom stereocenters. The molecule has 2 aromatic carbocycles. The predicted octanol–water partition coefficient (Wildman–Crippen LogP) is 0.845. The molecule has 190 valence electrons. The van der Waals surface area contributed by atoms with E-state index in [1.54, 1.807) is 13.0 Å². The van der Waals surface area contributed by atoms with Crippen LogP contribution in [0, 0.1) is 0 Å². The second-order valence-corrected chi connectivity index (χ2v) is 7.66. The number of nitrogens with two attached hydrogens (primary N) is 6. The topological polar surface area (TPSA) is 224 Å². The number of carbonyl (C=O) groups is 4. The van der Waals surface area contributed by atoms with E-state index < -0.39 is 42.8 Å². The van der Waals surface area contributed by atoms with Gasteiger partial charge in [0.15, 0.2) is 23.1 Å². The number of carbonyl (C=O) groups excluding carboxylic acids is 4. The maximum Gasteiger partial charge on any atom is 0.179 e. The number of ketones is 4. The van der Waals surface area contributed by atoms with Crippen LogP contribution in [0.15, 0.2) is 12.1 Å². The monoisotopic (exact) mass is 484 g/mol. The molecule has 10 heteroatoms. The summed E-state index contributed by atoms with van der Waals surface area (Å²) in [7, 11) is 0. The van der Waals surface area contributed by atoms with E-state index in [1.807, 2.05) is 6.92 Å². The lowest BCUT2D eigenvalue weighted by Crippen LogP contribution is -2.28. The fourth-order valence-electron chi connectivity index (χ4n) is 4.31. The molecule has 10 nitrogen and oxygen atoms in total. The van der Waals surface area contributed by atoms with Crippen molar-refractivity contribution < 1.29 is 19.2 Å². The first kappa shape index (κ1) is 29.6. The minimum absolute atomic E-state index is 0. The van der Waals surface area contributed by atoms with Crippen LogP contribution in [0.5, 0.6) is 0 Å². The summed E-state index contributed by atoms with van der Waals surface area (Å²) in [6, 6.07) is 3.10. The molecular weight excluding hydrogens is 448 g/mol. The van der Waals surface area contributed by atoms with Crippen molar-refractivity contribution in [1.29, 1.82) is 0 Å². The molecule has 0 heterocycles. The number of rotatable bonds is 11. The Labute approximate surface area is 205 Å². The molecule has 12 N–H and O–H groups in total. The van der Waals surface area contributed by atoms with Crippen molar-refractivity contribution in [3.05, 3.63) is 45.5 Å². The SMILES string of the molecule is C.CCc1c(N)ccc(-c2c(C(=O)CN)c(CC)c(N)c(C(=O)CN)c2C(=O)CN)c1C(=O)CN. The quantitative estimate of drug-likeness (QED) is 0.194. The summed E-state index contributed by atoms with van der Waals surface area (Å²) >= 11 is 0. The molecular formula is C25H36N6O4. The van der Waals surface area contributed by atoms with Crippen LogP contribution in [0.2, 0.25) is 0 Å².